The van der Waals surface area contributed by atoms with E-state index in [0.717, 1.165) is 0 Å². The van der Waals surface area contributed by atoms with Crippen LogP contribution in [0.25, 0.3) is 0 Å². The van der Waals surface area contributed by atoms with Crippen molar-refractivity contribution in [1.82, 2.24) is 4.90 Å². The van der Waals surface area contributed by atoms with E-state index in [1.807, 2.05) is 20.8 Å². The Bertz CT molecular complexity index is 449. The molecule has 0 bridgehead atoms. The molecule has 20 heavy (non-hydrogen) atoms. The number of rotatable bonds is 7. The van der Waals surface area contributed by atoms with Crippen LogP contribution in [0, 0.1) is 0 Å². The summed E-state index contributed by atoms with van der Waals surface area (Å²) in [5, 5.41) is -0.0852. The third-order valence-electron chi connectivity index (χ3n) is 2.66. The molecule has 0 spiro atoms. The summed E-state index contributed by atoms with van der Waals surface area (Å²) in [5.41, 5.74) is 0.566. The summed E-state index contributed by atoms with van der Waals surface area (Å²) in [6.45, 7) is 7.23. The first-order chi connectivity index (χ1) is 9.49. The normalized spacial score (nSPS) is 11.8. The van der Waals surface area contributed by atoms with Gasteiger partial charge in [-0.2, -0.15) is 0 Å². The van der Waals surface area contributed by atoms with Gasteiger partial charge in [0.1, 0.15) is 0 Å². The molecular weight excluding hydrogens is 278 g/mol. The second-order valence-electron chi connectivity index (χ2n) is 4.49. The van der Waals surface area contributed by atoms with Gasteiger partial charge in [-0.05, 0) is 39.0 Å². The molecule has 0 heterocycles. The molecule has 112 valence electrons. The Balaban J connectivity index is 2.95. The third-order valence-corrected chi connectivity index (χ3v) is 2.80. The van der Waals surface area contributed by atoms with Crippen molar-refractivity contribution in [3.8, 4) is 11.5 Å². The van der Waals surface area contributed by atoms with Crippen molar-refractivity contribution in [3.63, 3.8) is 0 Å². The summed E-state index contributed by atoms with van der Waals surface area (Å²) in [5.74, 6) is 1.16. The van der Waals surface area contributed by atoms with Crippen LogP contribution >= 0.6 is 11.6 Å². The molecule has 1 unspecified atom stereocenters. The van der Waals surface area contributed by atoms with E-state index in [9.17, 15) is 4.79 Å². The molecule has 4 nitrogen and oxygen atoms in total. The van der Waals surface area contributed by atoms with Crippen molar-refractivity contribution < 1.29 is 14.3 Å². The monoisotopic (exact) mass is 299 g/mol. The Labute approximate surface area is 125 Å². The quantitative estimate of drug-likeness (QED) is 0.726. The van der Waals surface area contributed by atoms with Crippen LogP contribution in [0.4, 0.5) is 0 Å². The third kappa shape index (κ3) is 4.60. The number of amides is 1. The van der Waals surface area contributed by atoms with Gasteiger partial charge in [0, 0.05) is 24.5 Å². The molecule has 0 aliphatic heterocycles. The lowest BCUT2D eigenvalue weighted by Crippen LogP contribution is -2.31. The van der Waals surface area contributed by atoms with Gasteiger partial charge < -0.3 is 14.4 Å². The summed E-state index contributed by atoms with van der Waals surface area (Å²) in [7, 11) is 1.73. The van der Waals surface area contributed by atoms with Crippen molar-refractivity contribution in [2.45, 2.75) is 26.1 Å². The predicted octanol–water partition coefficient (Wildman–Crippen LogP) is 3.18. The minimum absolute atomic E-state index is 0.0819. The molecule has 0 aliphatic rings. The minimum atomic E-state index is -0.0852. The highest BCUT2D eigenvalue weighted by molar-refractivity contribution is 6.20. The minimum Gasteiger partial charge on any atom is -0.490 e. The fourth-order valence-corrected chi connectivity index (χ4v) is 2.07. The SMILES string of the molecule is CCOc1ccc(C(=O)N(C)CC(C)Cl)cc1OCC. The van der Waals surface area contributed by atoms with Crippen LogP contribution in [0.1, 0.15) is 31.1 Å². The van der Waals surface area contributed by atoms with Gasteiger partial charge in [0.15, 0.2) is 11.5 Å². The molecule has 1 atom stereocenters. The summed E-state index contributed by atoms with van der Waals surface area (Å²) in [4.78, 5) is 13.9. The maximum atomic E-state index is 12.3. The first-order valence-electron chi connectivity index (χ1n) is 6.78. The van der Waals surface area contributed by atoms with Crippen LogP contribution in [0.5, 0.6) is 11.5 Å². The van der Waals surface area contributed by atoms with E-state index in [1.165, 1.54) is 0 Å². The number of hydrogen-bond acceptors (Lipinski definition) is 3. The molecule has 0 radical (unpaired) electrons. The zero-order valence-corrected chi connectivity index (χ0v) is 13.2. The highest BCUT2D eigenvalue weighted by Gasteiger charge is 2.16. The number of halogens is 1. The Hall–Kier alpha value is -1.42. The van der Waals surface area contributed by atoms with Crippen molar-refractivity contribution in [2.75, 3.05) is 26.8 Å². The summed E-state index contributed by atoms with van der Waals surface area (Å²) >= 11 is 5.91. The maximum absolute atomic E-state index is 12.3. The van der Waals surface area contributed by atoms with Crippen molar-refractivity contribution >= 4 is 17.5 Å². The van der Waals surface area contributed by atoms with Crippen LogP contribution in [-0.4, -0.2) is 43.0 Å². The summed E-state index contributed by atoms with van der Waals surface area (Å²) in [6.07, 6.45) is 0. The van der Waals surface area contributed by atoms with E-state index in [0.29, 0.717) is 36.8 Å². The smallest absolute Gasteiger partial charge is 0.253 e. The molecule has 0 aromatic heterocycles. The lowest BCUT2D eigenvalue weighted by Gasteiger charge is -2.19. The fourth-order valence-electron chi connectivity index (χ4n) is 1.86. The van der Waals surface area contributed by atoms with E-state index < -0.39 is 0 Å². The van der Waals surface area contributed by atoms with E-state index in [1.54, 1.807) is 30.1 Å². The fraction of sp³-hybridized carbons (Fsp3) is 0.533. The molecule has 1 aromatic carbocycles. The van der Waals surface area contributed by atoms with E-state index in [2.05, 4.69) is 0 Å². The molecule has 1 aromatic rings. The number of carbonyl (C=O) groups excluding carboxylic acids is 1. The van der Waals surface area contributed by atoms with Gasteiger partial charge in [0.25, 0.3) is 5.91 Å². The molecule has 0 aliphatic carbocycles. The van der Waals surface area contributed by atoms with Gasteiger partial charge in [-0.1, -0.05) is 0 Å². The highest BCUT2D eigenvalue weighted by atomic mass is 35.5. The number of nitrogens with zero attached hydrogens (tertiary/aromatic N) is 1. The lowest BCUT2D eigenvalue weighted by molar-refractivity contribution is 0.0795. The van der Waals surface area contributed by atoms with Crippen LogP contribution < -0.4 is 9.47 Å². The molecule has 0 fully saturated rings. The number of ether oxygens (including phenoxy) is 2. The van der Waals surface area contributed by atoms with Crippen LogP contribution in [0.2, 0.25) is 0 Å². The van der Waals surface area contributed by atoms with E-state index >= 15 is 0 Å². The standard InChI is InChI=1S/C15H22ClNO3/c1-5-19-13-8-7-12(9-14(13)20-6-2)15(18)17(4)10-11(3)16/h7-9,11H,5-6,10H2,1-4H3. The van der Waals surface area contributed by atoms with Gasteiger partial charge in [-0.15, -0.1) is 11.6 Å². The van der Waals surface area contributed by atoms with E-state index in [-0.39, 0.29) is 11.3 Å². The van der Waals surface area contributed by atoms with Crippen LogP contribution in [0.15, 0.2) is 18.2 Å². The first-order valence-corrected chi connectivity index (χ1v) is 7.22. The van der Waals surface area contributed by atoms with Gasteiger partial charge in [-0.25, -0.2) is 0 Å². The van der Waals surface area contributed by atoms with Crippen LogP contribution in [0.3, 0.4) is 0 Å². The lowest BCUT2D eigenvalue weighted by atomic mass is 10.1. The van der Waals surface area contributed by atoms with Gasteiger partial charge in [-0.3, -0.25) is 4.79 Å². The zero-order valence-electron chi connectivity index (χ0n) is 12.5. The first kappa shape index (κ1) is 16.6. The number of carbonyl (C=O) groups is 1. The molecule has 0 saturated heterocycles. The van der Waals surface area contributed by atoms with Crippen LogP contribution in [-0.2, 0) is 0 Å². The molecule has 0 saturated carbocycles. The second kappa shape index (κ2) is 8.00. The van der Waals surface area contributed by atoms with Gasteiger partial charge in [0.05, 0.1) is 13.2 Å². The number of hydrogen-bond donors (Lipinski definition) is 0. The average Bonchev–Trinajstić information content (AvgIpc) is 2.39. The van der Waals surface area contributed by atoms with Crippen molar-refractivity contribution in [1.29, 1.82) is 0 Å². The average molecular weight is 300 g/mol. The number of benzene rings is 1. The highest BCUT2D eigenvalue weighted by Crippen LogP contribution is 2.29. The Kier molecular flexibility index (Phi) is 6.65. The molecule has 1 amide bonds. The predicted molar refractivity (Wildman–Crippen MR) is 81.1 cm³/mol. The summed E-state index contributed by atoms with van der Waals surface area (Å²) in [6, 6.07) is 5.22. The Morgan fingerprint density at radius 3 is 2.40 bits per heavy atom. The Morgan fingerprint density at radius 2 is 1.85 bits per heavy atom. The topological polar surface area (TPSA) is 38.8 Å². The van der Waals surface area contributed by atoms with Crippen molar-refractivity contribution in [3.05, 3.63) is 23.8 Å². The van der Waals surface area contributed by atoms with E-state index in [4.69, 9.17) is 21.1 Å². The molecular formula is C15H22ClNO3. The van der Waals surface area contributed by atoms with Crippen molar-refractivity contribution in [2.24, 2.45) is 0 Å². The number of alkyl halides is 1. The second-order valence-corrected chi connectivity index (χ2v) is 5.24. The Morgan fingerprint density at radius 1 is 1.25 bits per heavy atom. The summed E-state index contributed by atoms with van der Waals surface area (Å²) < 4.78 is 11.0. The zero-order chi connectivity index (χ0) is 15.1. The molecule has 1 rings (SSSR count). The van der Waals surface area contributed by atoms with Gasteiger partial charge in [0.2, 0.25) is 0 Å². The molecule has 5 heteroatoms. The maximum Gasteiger partial charge on any atom is 0.253 e. The molecule has 0 N–H and O–H groups in total. The largest absolute Gasteiger partial charge is 0.490 e. The van der Waals surface area contributed by atoms with Gasteiger partial charge >= 0.3 is 0 Å².